The van der Waals surface area contributed by atoms with Gasteiger partial charge in [-0.1, -0.05) is 62.4 Å². The number of para-hydroxylation sites is 1. The summed E-state index contributed by atoms with van der Waals surface area (Å²) in [6.45, 7) is 4.67. The number of hydrogen-bond acceptors (Lipinski definition) is 2. The summed E-state index contributed by atoms with van der Waals surface area (Å²) in [6.07, 6.45) is 1.50. The number of fused-ring (bicyclic) bond motifs is 6. The summed E-state index contributed by atoms with van der Waals surface area (Å²) in [5.41, 5.74) is 8.84. The van der Waals surface area contributed by atoms with Crippen molar-refractivity contribution >= 4 is 19.2 Å². The van der Waals surface area contributed by atoms with Gasteiger partial charge in [0.25, 0.3) is 0 Å². The van der Waals surface area contributed by atoms with Gasteiger partial charge in [-0.2, -0.15) is 0 Å². The summed E-state index contributed by atoms with van der Waals surface area (Å²) in [5.74, 6) is 2.11. The Balaban J connectivity index is 1.55. The first kappa shape index (κ1) is 18.3. The lowest BCUT2D eigenvalue weighted by Crippen LogP contribution is -2.33. The molecule has 3 heteroatoms. The molecule has 30 heavy (non-hydrogen) atoms. The lowest BCUT2D eigenvalue weighted by molar-refractivity contribution is -0.0279. The van der Waals surface area contributed by atoms with Crippen LogP contribution in [0.25, 0.3) is 22.3 Å². The van der Waals surface area contributed by atoms with Gasteiger partial charge in [0.1, 0.15) is 7.85 Å². The molecule has 0 amide bonds. The summed E-state index contributed by atoms with van der Waals surface area (Å²) in [4.78, 5) is 2.34. The van der Waals surface area contributed by atoms with E-state index in [4.69, 9.17) is 4.74 Å². The largest absolute Gasteiger partial charge is 0.376 e. The second kappa shape index (κ2) is 6.24. The van der Waals surface area contributed by atoms with Crippen molar-refractivity contribution in [2.24, 2.45) is 17.8 Å². The molecule has 0 N–H and O–H groups in total. The van der Waals surface area contributed by atoms with Gasteiger partial charge in [0.2, 0.25) is 0 Å². The van der Waals surface area contributed by atoms with Crippen LogP contribution in [-0.2, 0) is 10.2 Å². The third kappa shape index (κ3) is 2.30. The zero-order chi connectivity index (χ0) is 20.6. The maximum Gasteiger partial charge on any atom is 0.149 e. The molecular weight excluding hydrogens is 365 g/mol. The fraction of sp³-hybridized carbons (Fsp3) is 0.333. The zero-order valence-corrected chi connectivity index (χ0v) is 18.2. The van der Waals surface area contributed by atoms with Gasteiger partial charge in [-0.15, -0.1) is 0 Å². The number of nitrogens with zero attached hydrogens (tertiary/aromatic N) is 1. The van der Waals surface area contributed by atoms with Crippen LogP contribution < -0.4 is 4.90 Å². The minimum atomic E-state index is -0.188. The number of benzene rings is 3. The van der Waals surface area contributed by atoms with Crippen LogP contribution in [0.4, 0.5) is 11.4 Å². The van der Waals surface area contributed by atoms with Gasteiger partial charge in [0.05, 0.1) is 11.6 Å². The van der Waals surface area contributed by atoms with Crippen molar-refractivity contribution in [2.75, 3.05) is 11.9 Å². The molecule has 0 bridgehead atoms. The van der Waals surface area contributed by atoms with Gasteiger partial charge >= 0.3 is 0 Å². The van der Waals surface area contributed by atoms with E-state index >= 15 is 0 Å². The van der Waals surface area contributed by atoms with Gasteiger partial charge in [-0.05, 0) is 59.1 Å². The Bertz CT molecular complexity index is 1160. The highest BCUT2D eigenvalue weighted by molar-refractivity contribution is 6.16. The molecule has 4 unspecified atom stereocenters. The van der Waals surface area contributed by atoms with Crippen molar-refractivity contribution in [1.29, 1.82) is 0 Å². The van der Waals surface area contributed by atoms with E-state index in [9.17, 15) is 0 Å². The Kier molecular flexibility index (Phi) is 3.80. The van der Waals surface area contributed by atoms with Gasteiger partial charge in [-0.25, -0.2) is 0 Å². The zero-order valence-electron chi connectivity index (χ0n) is 18.2. The first-order valence-electron chi connectivity index (χ1n) is 11.3. The normalized spacial score (nSPS) is 30.7. The first-order valence-corrected chi connectivity index (χ1v) is 11.3. The van der Waals surface area contributed by atoms with Crippen LogP contribution in [0.2, 0.25) is 0 Å². The van der Waals surface area contributed by atoms with E-state index in [0.29, 0.717) is 12.0 Å². The van der Waals surface area contributed by atoms with E-state index in [0.717, 1.165) is 18.3 Å². The molecule has 0 aromatic heterocycles. The predicted octanol–water partition coefficient (Wildman–Crippen LogP) is 5.58. The summed E-state index contributed by atoms with van der Waals surface area (Å²) in [5, 5.41) is 0. The van der Waals surface area contributed by atoms with E-state index in [2.05, 4.69) is 100 Å². The average molecular weight is 393 g/mol. The molecule has 1 aliphatic carbocycles. The van der Waals surface area contributed by atoms with Gasteiger partial charge in [0.15, 0.2) is 0 Å². The molecular formula is C27H28BNO. The Morgan fingerprint density at radius 3 is 2.23 bits per heavy atom. The van der Waals surface area contributed by atoms with Gasteiger partial charge in [-0.3, -0.25) is 0 Å². The standard InChI is InChI=1S/C27H28BNO/c1-4-24-25-16(2)26(25)27(28,30-24)17-13-14-23-21(15-17)19-10-6-5-9-18(19)20-11-7-8-12-22(20)29(23)3/h5-16,24-26H,4,28H2,1-3H3/t16?,24?,25-,26?,27?/m1/s1. The fourth-order valence-electron chi connectivity index (χ4n) is 6.45. The van der Waals surface area contributed by atoms with Crippen LogP contribution in [0.1, 0.15) is 25.8 Å². The van der Waals surface area contributed by atoms with E-state index in [-0.39, 0.29) is 5.50 Å². The molecule has 2 nitrogen and oxygen atoms in total. The van der Waals surface area contributed by atoms with Crippen LogP contribution in [0.15, 0.2) is 66.7 Å². The van der Waals surface area contributed by atoms with Crippen LogP contribution in [-0.4, -0.2) is 21.0 Å². The molecule has 0 spiro atoms. The van der Waals surface area contributed by atoms with Crippen molar-refractivity contribution in [2.45, 2.75) is 31.9 Å². The van der Waals surface area contributed by atoms with Crippen molar-refractivity contribution in [3.05, 3.63) is 72.3 Å². The highest BCUT2D eigenvalue weighted by atomic mass is 16.5. The number of rotatable bonds is 2. The summed E-state index contributed by atoms with van der Waals surface area (Å²) < 4.78 is 6.70. The van der Waals surface area contributed by atoms with Gasteiger partial charge in [0, 0.05) is 29.5 Å². The maximum absolute atomic E-state index is 6.70. The van der Waals surface area contributed by atoms with E-state index in [1.54, 1.807) is 0 Å². The molecule has 6 rings (SSSR count). The third-order valence-corrected chi connectivity index (χ3v) is 8.02. The average Bonchev–Trinajstić information content (AvgIpc) is 3.38. The van der Waals surface area contributed by atoms with Crippen molar-refractivity contribution in [3.8, 4) is 22.3 Å². The molecule has 3 aliphatic rings. The second-order valence-corrected chi connectivity index (χ2v) is 9.49. The number of ether oxygens (including phenoxy) is 1. The topological polar surface area (TPSA) is 12.5 Å². The van der Waals surface area contributed by atoms with Crippen LogP contribution in [0.5, 0.6) is 0 Å². The molecule has 2 aliphatic heterocycles. The summed E-state index contributed by atoms with van der Waals surface area (Å²) in [7, 11) is 4.51. The van der Waals surface area contributed by atoms with Crippen molar-refractivity contribution in [1.82, 2.24) is 0 Å². The molecule has 1 saturated carbocycles. The predicted molar refractivity (Wildman–Crippen MR) is 127 cm³/mol. The van der Waals surface area contributed by atoms with Crippen molar-refractivity contribution < 1.29 is 4.74 Å². The van der Waals surface area contributed by atoms with Crippen LogP contribution in [0, 0.1) is 17.8 Å². The molecule has 1 saturated heterocycles. The fourth-order valence-corrected chi connectivity index (χ4v) is 6.45. The molecule has 3 aromatic rings. The Morgan fingerprint density at radius 2 is 1.53 bits per heavy atom. The lowest BCUT2D eigenvalue weighted by atomic mass is 9.70. The Morgan fingerprint density at radius 1 is 0.900 bits per heavy atom. The lowest BCUT2D eigenvalue weighted by Gasteiger charge is -2.32. The first-order chi connectivity index (χ1) is 14.5. The molecule has 2 heterocycles. The molecule has 0 radical (unpaired) electrons. The SMILES string of the molecule is BC1(c2ccc3c(c2)-c2ccccc2-c2ccccc2N3C)OC(CC)[C@H]2C(C)C21. The highest BCUT2D eigenvalue weighted by Gasteiger charge is 2.66. The number of hydrogen-bond donors (Lipinski definition) is 0. The van der Waals surface area contributed by atoms with E-state index in [1.807, 2.05) is 0 Å². The Labute approximate surface area is 180 Å². The Hall–Kier alpha value is -2.52. The van der Waals surface area contributed by atoms with Gasteiger partial charge < -0.3 is 9.64 Å². The smallest absolute Gasteiger partial charge is 0.149 e. The molecule has 5 atom stereocenters. The third-order valence-electron chi connectivity index (χ3n) is 8.02. The van der Waals surface area contributed by atoms with E-state index < -0.39 is 0 Å². The van der Waals surface area contributed by atoms with Crippen LogP contribution in [0.3, 0.4) is 0 Å². The molecule has 3 aromatic carbocycles. The minimum absolute atomic E-state index is 0.188. The molecule has 150 valence electrons. The van der Waals surface area contributed by atoms with Crippen LogP contribution >= 0.6 is 0 Å². The summed E-state index contributed by atoms with van der Waals surface area (Å²) in [6, 6.07) is 24.6. The van der Waals surface area contributed by atoms with Crippen molar-refractivity contribution in [3.63, 3.8) is 0 Å². The second-order valence-electron chi connectivity index (χ2n) is 9.49. The number of anilines is 2. The minimum Gasteiger partial charge on any atom is -0.376 e. The quantitative estimate of drug-likeness (QED) is 0.527. The van der Waals surface area contributed by atoms with E-state index in [1.165, 1.54) is 39.2 Å². The highest BCUT2D eigenvalue weighted by Crippen LogP contribution is 2.65. The summed E-state index contributed by atoms with van der Waals surface area (Å²) >= 11 is 0. The maximum atomic E-state index is 6.70. The molecule has 2 fully saturated rings. The monoisotopic (exact) mass is 393 g/mol.